The quantitative estimate of drug-likeness (QED) is 0.153. The highest BCUT2D eigenvalue weighted by atomic mass is 19.4. The van der Waals surface area contributed by atoms with Crippen molar-refractivity contribution in [2.75, 3.05) is 0 Å². The number of aromatic nitrogens is 2. The second-order valence-electron chi connectivity index (χ2n) is 19.1. The molecular formula is C61H29F18N3. The van der Waals surface area contributed by atoms with Crippen LogP contribution in [0.4, 0.5) is 79.0 Å². The second kappa shape index (κ2) is 19.0. The van der Waals surface area contributed by atoms with Gasteiger partial charge in [0.1, 0.15) is 0 Å². The molecule has 82 heavy (non-hydrogen) atoms. The Morgan fingerprint density at radius 1 is 0.293 bits per heavy atom. The molecule has 414 valence electrons. The first-order valence-electron chi connectivity index (χ1n) is 24.0. The summed E-state index contributed by atoms with van der Waals surface area (Å²) in [6.07, 6.45) is -31.4. The molecule has 0 N–H and O–H groups in total. The Bertz CT molecular complexity index is 4380. The Balaban J connectivity index is 1.19. The van der Waals surface area contributed by atoms with Crippen LogP contribution in [0.15, 0.2) is 176 Å². The van der Waals surface area contributed by atoms with E-state index in [2.05, 4.69) is 0 Å². The zero-order valence-corrected chi connectivity index (χ0v) is 40.9. The summed E-state index contributed by atoms with van der Waals surface area (Å²) in [5, 5.41) is 11.7. The largest absolute Gasteiger partial charge is 0.417 e. The summed E-state index contributed by atoms with van der Waals surface area (Å²) in [6.45, 7) is 0. The summed E-state index contributed by atoms with van der Waals surface area (Å²) < 4.78 is 260. The molecule has 0 saturated carbocycles. The van der Waals surface area contributed by atoms with Crippen molar-refractivity contribution in [3.8, 4) is 62.0 Å². The maximum Gasteiger partial charge on any atom is 0.417 e. The Morgan fingerprint density at radius 3 is 1.20 bits per heavy atom. The van der Waals surface area contributed by atoms with Crippen molar-refractivity contribution in [1.82, 2.24) is 9.13 Å². The van der Waals surface area contributed by atoms with Gasteiger partial charge in [0.05, 0.1) is 72.8 Å². The highest BCUT2D eigenvalue weighted by molar-refractivity contribution is 6.12. The highest BCUT2D eigenvalue weighted by Crippen LogP contribution is 2.49. The van der Waals surface area contributed by atoms with Crippen molar-refractivity contribution in [3.63, 3.8) is 0 Å². The molecule has 21 heteroatoms. The molecule has 0 atom stereocenters. The SMILES string of the molecule is N#Cc1ccc(-n2c3ccccc3c3cc(-c4cc(C(F)(F)F)cc(C(F)(F)F)c4)ccc32)c(-c2cc(-n3c4ccccc4c4cc(-c5cc(C(F)(F)F)cc(C(F)(F)F)c5)ccc43)ccc2-c2ccc(C(F)(F)F)cc2C(F)(F)F)c1. The minimum absolute atomic E-state index is 0.0184. The van der Waals surface area contributed by atoms with Crippen molar-refractivity contribution in [1.29, 1.82) is 5.26 Å². The van der Waals surface area contributed by atoms with Crippen LogP contribution in [0, 0.1) is 11.3 Å². The normalized spacial score (nSPS) is 13.0. The zero-order chi connectivity index (χ0) is 58.8. The number of alkyl halides is 18. The molecular weight excluding hydrogens is 1120 g/mol. The van der Waals surface area contributed by atoms with Gasteiger partial charge in [-0.3, -0.25) is 0 Å². The molecule has 9 aromatic carbocycles. The van der Waals surface area contributed by atoms with Gasteiger partial charge in [0, 0.05) is 32.8 Å². The van der Waals surface area contributed by atoms with E-state index in [-0.39, 0.29) is 84.8 Å². The van der Waals surface area contributed by atoms with Gasteiger partial charge in [0.15, 0.2) is 0 Å². The topological polar surface area (TPSA) is 33.6 Å². The number of hydrogen-bond donors (Lipinski definition) is 0. The molecule has 0 radical (unpaired) electrons. The Kier molecular flexibility index (Phi) is 12.7. The molecule has 0 spiro atoms. The molecule has 0 saturated heterocycles. The number of halogens is 18. The van der Waals surface area contributed by atoms with Crippen LogP contribution in [-0.4, -0.2) is 9.13 Å². The van der Waals surface area contributed by atoms with E-state index < -0.39 is 87.1 Å². The molecule has 0 bridgehead atoms. The number of rotatable bonds is 6. The highest BCUT2D eigenvalue weighted by Gasteiger charge is 2.41. The molecule has 0 unspecified atom stereocenters. The fourth-order valence-corrected chi connectivity index (χ4v) is 10.4. The second-order valence-corrected chi connectivity index (χ2v) is 19.1. The Hall–Kier alpha value is -9.19. The van der Waals surface area contributed by atoms with Crippen LogP contribution in [0.1, 0.15) is 38.9 Å². The number of fused-ring (bicyclic) bond motifs is 6. The van der Waals surface area contributed by atoms with E-state index in [4.69, 9.17) is 0 Å². The van der Waals surface area contributed by atoms with Crippen molar-refractivity contribution < 1.29 is 79.0 Å². The average molecular weight is 1150 g/mol. The molecule has 3 nitrogen and oxygen atoms in total. The molecule has 11 aromatic rings. The number of nitrogens with zero attached hydrogens (tertiary/aromatic N) is 3. The van der Waals surface area contributed by atoms with Gasteiger partial charge < -0.3 is 9.13 Å². The molecule has 2 aromatic heterocycles. The van der Waals surface area contributed by atoms with E-state index >= 15 is 13.2 Å². The third-order valence-electron chi connectivity index (χ3n) is 14.0. The first kappa shape index (κ1) is 54.8. The molecule has 11 rings (SSSR count). The standard InChI is InChI=1S/C61H29F18N3/c62-56(63,64)36-12-14-43(50(28-36)61(77,78)79)42-15-13-41(81-51-7-3-1-5-44(51)48-24-32(10-17-53(48)81)34-20-37(57(65,66)67)26-38(21-34)58(68,69)70)29-46(42)47-19-31(30-80)9-16-54(47)82-52-8-4-2-6-45(52)49-25-33(11-18-55(49)82)35-22-39(59(71,72)73)27-40(23-35)60(74,75)76/h1-29H. The summed E-state index contributed by atoms with van der Waals surface area (Å²) in [5.41, 5.74) is -10.6. The summed E-state index contributed by atoms with van der Waals surface area (Å²) in [4.78, 5) is 0. The first-order chi connectivity index (χ1) is 38.4. The van der Waals surface area contributed by atoms with Crippen LogP contribution in [0.3, 0.4) is 0 Å². The van der Waals surface area contributed by atoms with Gasteiger partial charge in [-0.1, -0.05) is 60.7 Å². The summed E-state index contributed by atoms with van der Waals surface area (Å²) >= 11 is 0. The minimum atomic E-state index is -5.43. The molecule has 0 aliphatic heterocycles. The van der Waals surface area contributed by atoms with E-state index in [1.54, 1.807) is 57.7 Å². The number of hydrogen-bond acceptors (Lipinski definition) is 1. The summed E-state index contributed by atoms with van der Waals surface area (Å²) in [7, 11) is 0. The maximum atomic E-state index is 15.2. The van der Waals surface area contributed by atoms with E-state index in [0.717, 1.165) is 0 Å². The van der Waals surface area contributed by atoms with Crippen molar-refractivity contribution in [3.05, 3.63) is 215 Å². The smallest absolute Gasteiger partial charge is 0.309 e. The van der Waals surface area contributed by atoms with E-state index in [1.807, 2.05) is 6.07 Å². The van der Waals surface area contributed by atoms with E-state index in [1.165, 1.54) is 72.8 Å². The van der Waals surface area contributed by atoms with Crippen LogP contribution >= 0.6 is 0 Å². The molecule has 2 heterocycles. The van der Waals surface area contributed by atoms with Gasteiger partial charge in [0.2, 0.25) is 0 Å². The molecule has 0 aliphatic rings. The lowest BCUT2D eigenvalue weighted by Crippen LogP contribution is -2.12. The number of para-hydroxylation sites is 2. The van der Waals surface area contributed by atoms with Gasteiger partial charge in [-0.25, -0.2) is 0 Å². The monoisotopic (exact) mass is 1150 g/mol. The van der Waals surface area contributed by atoms with Crippen LogP contribution in [0.2, 0.25) is 0 Å². The minimum Gasteiger partial charge on any atom is -0.309 e. The van der Waals surface area contributed by atoms with Gasteiger partial charge >= 0.3 is 37.1 Å². The van der Waals surface area contributed by atoms with Gasteiger partial charge in [-0.2, -0.15) is 84.3 Å². The third kappa shape index (κ3) is 9.78. The lowest BCUT2D eigenvalue weighted by molar-refractivity contribution is -0.144. The van der Waals surface area contributed by atoms with Crippen molar-refractivity contribution in [2.24, 2.45) is 0 Å². The lowest BCUT2D eigenvalue weighted by Gasteiger charge is -2.22. The molecule has 0 amide bonds. The summed E-state index contributed by atoms with van der Waals surface area (Å²) in [5.74, 6) is 0. The molecule has 0 fully saturated rings. The predicted octanol–water partition coefficient (Wildman–Crippen LogP) is 20.5. The zero-order valence-electron chi connectivity index (χ0n) is 40.9. The fourth-order valence-electron chi connectivity index (χ4n) is 10.4. The van der Waals surface area contributed by atoms with Crippen LogP contribution in [0.25, 0.3) is 99.5 Å². The molecule has 0 aliphatic carbocycles. The fraction of sp³-hybridized carbons (Fsp3) is 0.0984. The number of nitriles is 1. The Labute approximate surface area is 449 Å². The lowest BCUT2D eigenvalue weighted by atomic mass is 9.88. The number of benzene rings is 9. The maximum absolute atomic E-state index is 15.2. The van der Waals surface area contributed by atoms with Gasteiger partial charge in [0.25, 0.3) is 0 Å². The first-order valence-corrected chi connectivity index (χ1v) is 24.0. The Morgan fingerprint density at radius 2 is 0.732 bits per heavy atom. The van der Waals surface area contributed by atoms with Gasteiger partial charge in [-0.05, 0) is 154 Å². The van der Waals surface area contributed by atoms with Gasteiger partial charge in [-0.15, -0.1) is 0 Å². The van der Waals surface area contributed by atoms with Crippen LogP contribution in [-0.2, 0) is 37.1 Å². The van der Waals surface area contributed by atoms with E-state index in [0.29, 0.717) is 58.2 Å². The third-order valence-corrected chi connectivity index (χ3v) is 14.0. The van der Waals surface area contributed by atoms with Crippen LogP contribution in [0.5, 0.6) is 0 Å². The van der Waals surface area contributed by atoms with Crippen molar-refractivity contribution in [2.45, 2.75) is 37.1 Å². The average Bonchev–Trinajstić information content (AvgIpc) is 3.22. The van der Waals surface area contributed by atoms with Crippen LogP contribution < -0.4 is 0 Å². The van der Waals surface area contributed by atoms with E-state index in [9.17, 15) is 71.1 Å². The van der Waals surface area contributed by atoms with Crippen molar-refractivity contribution >= 4 is 43.6 Å². The predicted molar refractivity (Wildman–Crippen MR) is 272 cm³/mol. The summed E-state index contributed by atoms with van der Waals surface area (Å²) in [6, 6.07) is 34.0.